The lowest BCUT2D eigenvalue weighted by Gasteiger charge is -2.23. The molecule has 2 rings (SSSR count). The van der Waals surface area contributed by atoms with Crippen molar-refractivity contribution in [3.63, 3.8) is 0 Å². The maximum atomic E-state index is 6.22. The molecule has 1 aliphatic rings. The van der Waals surface area contributed by atoms with E-state index in [1.54, 1.807) is 0 Å². The standard InChI is InChI=1S/C14H20Cl2N2/c1-10-8-18(9-14(10)17(2)3)12-5-4-11(7-15)13(16)6-12/h4-6,10,14H,7-9H2,1-3H3. The molecule has 0 N–H and O–H groups in total. The van der Waals surface area contributed by atoms with Crippen LogP contribution in [-0.2, 0) is 5.88 Å². The number of alkyl halides is 1. The summed E-state index contributed by atoms with van der Waals surface area (Å²) in [6.07, 6.45) is 0. The molecule has 1 aliphatic heterocycles. The van der Waals surface area contributed by atoms with E-state index in [1.807, 2.05) is 12.1 Å². The molecule has 18 heavy (non-hydrogen) atoms. The first-order valence-corrected chi connectivity index (χ1v) is 7.20. The Balaban J connectivity index is 2.16. The van der Waals surface area contributed by atoms with Crippen LogP contribution in [0.4, 0.5) is 5.69 Å². The quantitative estimate of drug-likeness (QED) is 0.785. The molecular formula is C14H20Cl2N2. The lowest BCUT2D eigenvalue weighted by atomic mass is 10.1. The largest absolute Gasteiger partial charge is 0.370 e. The third-order valence-corrected chi connectivity index (χ3v) is 4.42. The van der Waals surface area contributed by atoms with Gasteiger partial charge in [-0.05, 0) is 37.7 Å². The summed E-state index contributed by atoms with van der Waals surface area (Å²) in [5.74, 6) is 1.14. The maximum absolute atomic E-state index is 6.22. The van der Waals surface area contributed by atoms with Crippen molar-refractivity contribution >= 4 is 28.9 Å². The molecule has 0 spiro atoms. The van der Waals surface area contributed by atoms with Crippen molar-refractivity contribution in [1.29, 1.82) is 0 Å². The number of benzene rings is 1. The number of rotatable bonds is 3. The van der Waals surface area contributed by atoms with Gasteiger partial charge >= 0.3 is 0 Å². The minimum absolute atomic E-state index is 0.468. The SMILES string of the molecule is CC1CN(c2ccc(CCl)c(Cl)c2)CC1N(C)C. The smallest absolute Gasteiger partial charge is 0.0488 e. The molecule has 0 aromatic heterocycles. The third kappa shape index (κ3) is 2.76. The molecule has 1 aromatic carbocycles. The molecule has 1 saturated heterocycles. The Labute approximate surface area is 119 Å². The van der Waals surface area contributed by atoms with Gasteiger partial charge in [-0.1, -0.05) is 24.6 Å². The predicted molar refractivity (Wildman–Crippen MR) is 79.9 cm³/mol. The number of hydrogen-bond acceptors (Lipinski definition) is 2. The van der Waals surface area contributed by atoms with Crippen LogP contribution in [0.1, 0.15) is 12.5 Å². The van der Waals surface area contributed by atoms with Crippen LogP contribution in [0.25, 0.3) is 0 Å². The highest BCUT2D eigenvalue weighted by atomic mass is 35.5. The van der Waals surface area contributed by atoms with Crippen molar-refractivity contribution in [2.75, 3.05) is 32.1 Å². The Morgan fingerprint density at radius 3 is 2.56 bits per heavy atom. The molecule has 1 aromatic rings. The fraction of sp³-hybridized carbons (Fsp3) is 0.571. The Morgan fingerprint density at radius 2 is 2.06 bits per heavy atom. The summed E-state index contributed by atoms with van der Waals surface area (Å²) in [4.78, 5) is 4.71. The monoisotopic (exact) mass is 286 g/mol. The molecule has 100 valence electrons. The van der Waals surface area contributed by atoms with Crippen molar-refractivity contribution < 1.29 is 0 Å². The maximum Gasteiger partial charge on any atom is 0.0488 e. The first-order valence-electron chi connectivity index (χ1n) is 6.28. The molecule has 2 atom stereocenters. The number of likely N-dealkylation sites (N-methyl/N-ethyl adjacent to an activating group) is 1. The van der Waals surface area contributed by atoms with Crippen molar-refractivity contribution in [3.05, 3.63) is 28.8 Å². The Kier molecular flexibility index (Phi) is 4.41. The van der Waals surface area contributed by atoms with Crippen LogP contribution in [0, 0.1) is 5.92 Å². The summed E-state index contributed by atoms with van der Waals surface area (Å²) in [6.45, 7) is 4.45. The van der Waals surface area contributed by atoms with E-state index in [-0.39, 0.29) is 0 Å². The van der Waals surface area contributed by atoms with Crippen LogP contribution >= 0.6 is 23.2 Å². The van der Waals surface area contributed by atoms with Gasteiger partial charge in [-0.25, -0.2) is 0 Å². The molecule has 0 aliphatic carbocycles. The number of anilines is 1. The number of nitrogens with zero attached hydrogens (tertiary/aromatic N) is 2. The van der Waals surface area contributed by atoms with Crippen LogP contribution in [0.2, 0.25) is 5.02 Å². The van der Waals surface area contributed by atoms with E-state index in [9.17, 15) is 0 Å². The molecule has 2 nitrogen and oxygen atoms in total. The van der Waals surface area contributed by atoms with Gasteiger partial charge in [0.15, 0.2) is 0 Å². The van der Waals surface area contributed by atoms with Gasteiger partial charge in [-0.15, -0.1) is 11.6 Å². The van der Waals surface area contributed by atoms with Gasteiger partial charge in [0.05, 0.1) is 0 Å². The highest BCUT2D eigenvalue weighted by molar-refractivity contribution is 6.32. The van der Waals surface area contributed by atoms with Gasteiger partial charge in [0.2, 0.25) is 0 Å². The van der Waals surface area contributed by atoms with Gasteiger partial charge < -0.3 is 9.80 Å². The first kappa shape index (κ1) is 14.0. The number of halogens is 2. The molecule has 2 unspecified atom stereocenters. The third-order valence-electron chi connectivity index (χ3n) is 3.78. The van der Waals surface area contributed by atoms with Crippen LogP contribution in [-0.4, -0.2) is 38.1 Å². The summed E-state index contributed by atoms with van der Waals surface area (Å²) in [6, 6.07) is 6.79. The average molecular weight is 287 g/mol. The van der Waals surface area contributed by atoms with E-state index < -0.39 is 0 Å². The van der Waals surface area contributed by atoms with E-state index in [0.29, 0.717) is 17.8 Å². The van der Waals surface area contributed by atoms with Crippen LogP contribution in [0.15, 0.2) is 18.2 Å². The summed E-state index contributed by atoms with van der Waals surface area (Å²) in [7, 11) is 4.29. The molecule has 0 radical (unpaired) electrons. The number of hydrogen-bond donors (Lipinski definition) is 0. The highest BCUT2D eigenvalue weighted by Gasteiger charge is 2.31. The molecule has 0 amide bonds. The molecular weight excluding hydrogens is 267 g/mol. The lowest BCUT2D eigenvalue weighted by Crippen LogP contribution is -2.34. The summed E-state index contributed by atoms with van der Waals surface area (Å²) in [5, 5.41) is 0.767. The normalized spacial score (nSPS) is 24.0. The lowest BCUT2D eigenvalue weighted by molar-refractivity contribution is 0.266. The second-order valence-electron chi connectivity index (χ2n) is 5.32. The second-order valence-corrected chi connectivity index (χ2v) is 6.00. The van der Waals surface area contributed by atoms with Gasteiger partial charge in [-0.3, -0.25) is 0 Å². The first-order chi connectivity index (χ1) is 8.52. The minimum atomic E-state index is 0.468. The van der Waals surface area contributed by atoms with Crippen LogP contribution in [0.5, 0.6) is 0 Å². The molecule has 4 heteroatoms. The Hall–Kier alpha value is -0.440. The fourth-order valence-electron chi connectivity index (χ4n) is 2.67. The zero-order chi connectivity index (χ0) is 13.3. The second kappa shape index (κ2) is 5.68. The van der Waals surface area contributed by atoms with E-state index in [1.165, 1.54) is 5.69 Å². The zero-order valence-electron chi connectivity index (χ0n) is 11.2. The average Bonchev–Trinajstić information content (AvgIpc) is 2.71. The van der Waals surface area contributed by atoms with Gasteiger partial charge in [0, 0.05) is 35.7 Å². The van der Waals surface area contributed by atoms with E-state index >= 15 is 0 Å². The minimum Gasteiger partial charge on any atom is -0.370 e. The van der Waals surface area contributed by atoms with Gasteiger partial charge in [0.25, 0.3) is 0 Å². The Bertz CT molecular complexity index is 420. The molecule has 1 heterocycles. The summed E-state index contributed by atoms with van der Waals surface area (Å²) >= 11 is 12.0. The molecule has 0 saturated carbocycles. The molecule has 0 bridgehead atoms. The summed E-state index contributed by atoms with van der Waals surface area (Å²) in [5.41, 5.74) is 2.20. The van der Waals surface area contributed by atoms with E-state index in [4.69, 9.17) is 23.2 Å². The van der Waals surface area contributed by atoms with Crippen molar-refractivity contribution in [1.82, 2.24) is 4.90 Å². The Morgan fingerprint density at radius 1 is 1.33 bits per heavy atom. The van der Waals surface area contributed by atoms with E-state index in [2.05, 4.69) is 36.9 Å². The van der Waals surface area contributed by atoms with Gasteiger partial charge in [-0.2, -0.15) is 0 Å². The molecule has 1 fully saturated rings. The fourth-order valence-corrected chi connectivity index (χ4v) is 3.22. The van der Waals surface area contributed by atoms with E-state index in [0.717, 1.165) is 23.7 Å². The zero-order valence-corrected chi connectivity index (χ0v) is 12.7. The van der Waals surface area contributed by atoms with Crippen molar-refractivity contribution in [2.45, 2.75) is 18.8 Å². The van der Waals surface area contributed by atoms with Crippen molar-refractivity contribution in [3.8, 4) is 0 Å². The van der Waals surface area contributed by atoms with Gasteiger partial charge in [0.1, 0.15) is 0 Å². The topological polar surface area (TPSA) is 6.48 Å². The highest BCUT2D eigenvalue weighted by Crippen LogP contribution is 2.29. The summed E-state index contributed by atoms with van der Waals surface area (Å²) < 4.78 is 0. The van der Waals surface area contributed by atoms with Crippen LogP contribution < -0.4 is 4.90 Å². The van der Waals surface area contributed by atoms with Crippen LogP contribution in [0.3, 0.4) is 0 Å². The predicted octanol–water partition coefficient (Wildman–Crippen LogP) is 3.47. The van der Waals surface area contributed by atoms with Crippen molar-refractivity contribution in [2.24, 2.45) is 5.92 Å².